The van der Waals surface area contributed by atoms with Crippen molar-refractivity contribution in [1.82, 2.24) is 0 Å². The van der Waals surface area contributed by atoms with Crippen LogP contribution in [0.15, 0.2) is 78.9 Å². The summed E-state index contributed by atoms with van der Waals surface area (Å²) in [7, 11) is 0. The molecule has 1 N–H and O–H groups in total. The Morgan fingerprint density at radius 2 is 1.54 bits per heavy atom. The molecule has 1 heterocycles. The summed E-state index contributed by atoms with van der Waals surface area (Å²) in [6.07, 6.45) is 0.141. The second-order valence-corrected chi connectivity index (χ2v) is 7.24. The van der Waals surface area contributed by atoms with Gasteiger partial charge in [-0.3, -0.25) is 14.5 Å². The fourth-order valence-corrected chi connectivity index (χ4v) is 3.75. The predicted octanol–water partition coefficient (Wildman–Crippen LogP) is 4.57. The van der Waals surface area contributed by atoms with E-state index in [1.165, 1.54) is 0 Å². The molecule has 0 saturated carbocycles. The van der Waals surface area contributed by atoms with Gasteiger partial charge in [-0.05, 0) is 43.2 Å². The van der Waals surface area contributed by atoms with Gasteiger partial charge in [0.15, 0.2) is 5.54 Å². The van der Waals surface area contributed by atoms with Gasteiger partial charge in [-0.1, -0.05) is 66.2 Å². The number of carbonyl (C=O) groups excluding carboxylic acids is 2. The van der Waals surface area contributed by atoms with Crippen LogP contribution in [0, 0.1) is 13.8 Å². The molecule has 1 aliphatic heterocycles. The van der Waals surface area contributed by atoms with E-state index in [4.69, 9.17) is 0 Å². The van der Waals surface area contributed by atoms with E-state index < -0.39 is 5.54 Å². The molecule has 1 atom stereocenters. The third-order valence-corrected chi connectivity index (χ3v) is 5.35. The molecule has 0 radical (unpaired) electrons. The van der Waals surface area contributed by atoms with E-state index in [2.05, 4.69) is 5.32 Å². The zero-order valence-electron chi connectivity index (χ0n) is 16.0. The Labute approximate surface area is 164 Å². The van der Waals surface area contributed by atoms with Crippen molar-refractivity contribution in [3.05, 3.63) is 95.6 Å². The Bertz CT molecular complexity index is 1030. The van der Waals surface area contributed by atoms with E-state index in [0.29, 0.717) is 0 Å². The number of nitrogens with one attached hydrogen (secondary N) is 1. The molecule has 4 nitrogen and oxygen atoms in total. The lowest BCUT2D eigenvalue weighted by molar-refractivity contribution is -0.137. The summed E-state index contributed by atoms with van der Waals surface area (Å²) < 4.78 is 0. The Morgan fingerprint density at radius 1 is 0.893 bits per heavy atom. The maximum atomic E-state index is 13.6. The summed E-state index contributed by atoms with van der Waals surface area (Å²) in [4.78, 5) is 27.9. The van der Waals surface area contributed by atoms with Crippen molar-refractivity contribution < 1.29 is 9.59 Å². The lowest BCUT2D eigenvalue weighted by atomic mass is 9.76. The fraction of sp³-hybridized carbons (Fsp3) is 0.167. The molecule has 0 spiro atoms. The van der Waals surface area contributed by atoms with E-state index in [1.807, 2.05) is 92.7 Å². The van der Waals surface area contributed by atoms with Crippen molar-refractivity contribution in [3.8, 4) is 0 Å². The average molecular weight is 370 g/mol. The van der Waals surface area contributed by atoms with Crippen molar-refractivity contribution in [3.63, 3.8) is 0 Å². The highest BCUT2D eigenvalue weighted by atomic mass is 16.2. The summed E-state index contributed by atoms with van der Waals surface area (Å²) in [5, 5.41) is 3.05. The number of anilines is 2. The molecular weight excluding hydrogens is 348 g/mol. The number of para-hydroxylation sites is 1. The van der Waals surface area contributed by atoms with E-state index >= 15 is 0 Å². The molecule has 0 aromatic heterocycles. The third-order valence-electron chi connectivity index (χ3n) is 5.35. The summed E-state index contributed by atoms with van der Waals surface area (Å²) >= 11 is 0. The van der Waals surface area contributed by atoms with E-state index in [9.17, 15) is 9.59 Å². The first-order valence-electron chi connectivity index (χ1n) is 9.35. The van der Waals surface area contributed by atoms with Crippen LogP contribution in [0.5, 0.6) is 0 Å². The summed E-state index contributed by atoms with van der Waals surface area (Å²) in [5.41, 5.74) is 3.31. The maximum Gasteiger partial charge on any atom is 0.255 e. The molecule has 3 aromatic carbocycles. The van der Waals surface area contributed by atoms with Crippen molar-refractivity contribution in [2.24, 2.45) is 0 Å². The SMILES string of the molecule is Cc1ccc(N2C(=O)C[C@@]2(C(=O)Nc2ccccc2C)c2ccccc2)cc1. The smallest absolute Gasteiger partial charge is 0.255 e. The lowest BCUT2D eigenvalue weighted by Gasteiger charge is -2.50. The van der Waals surface area contributed by atoms with Crippen molar-refractivity contribution in [2.75, 3.05) is 10.2 Å². The van der Waals surface area contributed by atoms with Gasteiger partial charge in [0.1, 0.15) is 0 Å². The quantitative estimate of drug-likeness (QED) is 0.684. The number of rotatable bonds is 4. The zero-order chi connectivity index (χ0) is 19.7. The number of hydrogen-bond donors (Lipinski definition) is 1. The van der Waals surface area contributed by atoms with Crippen LogP contribution >= 0.6 is 0 Å². The zero-order valence-corrected chi connectivity index (χ0v) is 16.0. The van der Waals surface area contributed by atoms with Crippen LogP contribution < -0.4 is 10.2 Å². The summed E-state index contributed by atoms with van der Waals surface area (Å²) in [5.74, 6) is -0.263. The molecule has 2 amide bonds. The Hall–Kier alpha value is -3.40. The minimum atomic E-state index is -1.06. The molecule has 1 fully saturated rings. The highest BCUT2D eigenvalue weighted by molar-refractivity contribution is 6.17. The minimum Gasteiger partial charge on any atom is -0.323 e. The second-order valence-electron chi connectivity index (χ2n) is 7.24. The average Bonchev–Trinajstić information content (AvgIpc) is 2.70. The van der Waals surface area contributed by atoms with Crippen LogP contribution in [-0.4, -0.2) is 11.8 Å². The molecule has 4 rings (SSSR count). The molecule has 0 unspecified atom stereocenters. The number of carbonyl (C=O) groups is 2. The molecule has 1 aliphatic rings. The Balaban J connectivity index is 1.79. The van der Waals surface area contributed by atoms with Gasteiger partial charge in [0.2, 0.25) is 5.91 Å². The topological polar surface area (TPSA) is 49.4 Å². The van der Waals surface area contributed by atoms with Gasteiger partial charge in [-0.15, -0.1) is 0 Å². The van der Waals surface area contributed by atoms with Crippen LogP contribution in [-0.2, 0) is 15.1 Å². The van der Waals surface area contributed by atoms with Crippen molar-refractivity contribution in [2.45, 2.75) is 25.8 Å². The van der Waals surface area contributed by atoms with Crippen LogP contribution in [0.25, 0.3) is 0 Å². The highest BCUT2D eigenvalue weighted by Gasteiger charge is 2.58. The first-order chi connectivity index (χ1) is 13.5. The molecular formula is C24H22N2O2. The first-order valence-corrected chi connectivity index (χ1v) is 9.35. The van der Waals surface area contributed by atoms with Crippen molar-refractivity contribution >= 4 is 23.2 Å². The van der Waals surface area contributed by atoms with Gasteiger partial charge in [0, 0.05) is 11.4 Å². The Kier molecular flexibility index (Phi) is 4.47. The Morgan fingerprint density at radius 3 is 2.18 bits per heavy atom. The summed E-state index contributed by atoms with van der Waals surface area (Å²) in [6, 6.07) is 24.9. The molecule has 1 saturated heterocycles. The van der Waals surface area contributed by atoms with Gasteiger partial charge < -0.3 is 5.32 Å². The van der Waals surface area contributed by atoms with Crippen LogP contribution in [0.3, 0.4) is 0 Å². The number of benzene rings is 3. The van der Waals surface area contributed by atoms with E-state index in [1.54, 1.807) is 4.90 Å². The van der Waals surface area contributed by atoms with Crippen LogP contribution in [0.1, 0.15) is 23.1 Å². The number of nitrogens with zero attached hydrogens (tertiary/aromatic N) is 1. The van der Waals surface area contributed by atoms with Gasteiger partial charge in [-0.2, -0.15) is 0 Å². The van der Waals surface area contributed by atoms with E-state index in [-0.39, 0.29) is 18.2 Å². The number of amides is 2. The highest BCUT2D eigenvalue weighted by Crippen LogP contribution is 2.45. The van der Waals surface area contributed by atoms with Gasteiger partial charge in [0.05, 0.1) is 6.42 Å². The van der Waals surface area contributed by atoms with Crippen LogP contribution in [0.2, 0.25) is 0 Å². The fourth-order valence-electron chi connectivity index (χ4n) is 3.75. The molecule has 140 valence electrons. The molecule has 0 bridgehead atoms. The number of hydrogen-bond acceptors (Lipinski definition) is 2. The monoisotopic (exact) mass is 370 g/mol. The molecule has 3 aromatic rings. The van der Waals surface area contributed by atoms with Gasteiger partial charge in [0.25, 0.3) is 5.91 Å². The van der Waals surface area contributed by atoms with Crippen molar-refractivity contribution in [1.29, 1.82) is 0 Å². The maximum absolute atomic E-state index is 13.6. The number of aryl methyl sites for hydroxylation is 2. The third kappa shape index (κ3) is 2.87. The van der Waals surface area contributed by atoms with Gasteiger partial charge in [-0.25, -0.2) is 0 Å². The predicted molar refractivity (Wildman–Crippen MR) is 111 cm³/mol. The second kappa shape index (κ2) is 6.97. The lowest BCUT2D eigenvalue weighted by Crippen LogP contribution is -2.67. The van der Waals surface area contributed by atoms with E-state index in [0.717, 1.165) is 28.1 Å². The number of β-lactam (4-membered cyclic amide) rings is 1. The van der Waals surface area contributed by atoms with Gasteiger partial charge >= 0.3 is 0 Å². The summed E-state index contributed by atoms with van der Waals surface area (Å²) in [6.45, 7) is 3.95. The normalized spacial score (nSPS) is 18.5. The largest absolute Gasteiger partial charge is 0.323 e. The molecule has 28 heavy (non-hydrogen) atoms. The molecule has 0 aliphatic carbocycles. The first kappa shape index (κ1) is 18.0. The minimum absolute atomic E-state index is 0.0624. The molecule has 4 heteroatoms. The standard InChI is InChI=1S/C24H22N2O2/c1-17-12-14-20(15-13-17)26-22(27)16-24(26,19-9-4-3-5-10-19)23(28)25-21-11-7-6-8-18(21)2/h3-15H,16H2,1-2H3,(H,25,28)/t24-/m0/s1. The van der Waals surface area contributed by atoms with Crippen LogP contribution in [0.4, 0.5) is 11.4 Å².